The molecule has 0 bridgehead atoms. The van der Waals surface area contributed by atoms with E-state index in [4.69, 9.17) is 4.74 Å². The number of carbonyl (C=O) groups excluding carboxylic acids is 1. The Morgan fingerprint density at radius 3 is 2.60 bits per heavy atom. The Bertz CT molecular complexity index is 532. The van der Waals surface area contributed by atoms with Crippen LogP contribution in [0.25, 0.3) is 0 Å². The van der Waals surface area contributed by atoms with Crippen LogP contribution in [0.3, 0.4) is 0 Å². The van der Waals surface area contributed by atoms with Gasteiger partial charge in [-0.3, -0.25) is 4.79 Å². The number of unbranched alkanes of at least 4 members (excludes halogenated alkanes) is 2. The maximum Gasteiger partial charge on any atom is 0.257 e. The van der Waals surface area contributed by atoms with Gasteiger partial charge in [0.1, 0.15) is 5.75 Å². The summed E-state index contributed by atoms with van der Waals surface area (Å²) < 4.78 is 5.52. The van der Waals surface area contributed by atoms with Crippen molar-refractivity contribution in [1.29, 1.82) is 0 Å². The molecule has 0 unspecified atom stereocenters. The van der Waals surface area contributed by atoms with Gasteiger partial charge in [0, 0.05) is 19.6 Å². The van der Waals surface area contributed by atoms with Crippen molar-refractivity contribution in [3.63, 3.8) is 0 Å². The first kappa shape index (κ1) is 20.8. The van der Waals surface area contributed by atoms with Crippen molar-refractivity contribution >= 4 is 11.9 Å². The van der Waals surface area contributed by atoms with E-state index in [1.54, 1.807) is 0 Å². The van der Waals surface area contributed by atoms with E-state index in [0.29, 0.717) is 18.8 Å². The molecule has 0 aromatic heterocycles. The maximum atomic E-state index is 11.5. The summed E-state index contributed by atoms with van der Waals surface area (Å²) in [5.74, 6) is 1.39. The zero-order valence-corrected chi connectivity index (χ0v) is 15.7. The Hall–Kier alpha value is -2.24. The molecular formula is C19H32N4O2. The van der Waals surface area contributed by atoms with Gasteiger partial charge in [-0.25, -0.2) is 4.99 Å². The van der Waals surface area contributed by atoms with E-state index in [2.05, 4.69) is 34.8 Å². The smallest absolute Gasteiger partial charge is 0.257 e. The van der Waals surface area contributed by atoms with E-state index in [9.17, 15) is 4.79 Å². The van der Waals surface area contributed by atoms with E-state index in [0.717, 1.165) is 31.0 Å². The number of likely N-dealkylation sites (N-methyl/N-ethyl adjacent to an activating group) is 1. The monoisotopic (exact) mass is 348 g/mol. The molecule has 140 valence electrons. The number of amides is 1. The van der Waals surface area contributed by atoms with E-state index >= 15 is 0 Å². The highest BCUT2D eigenvalue weighted by Gasteiger charge is 2.02. The number of nitrogens with zero attached hydrogens (tertiary/aromatic N) is 1. The van der Waals surface area contributed by atoms with Gasteiger partial charge in [0.2, 0.25) is 0 Å². The summed E-state index contributed by atoms with van der Waals surface area (Å²) in [5, 5.41) is 9.31. The van der Waals surface area contributed by atoms with Crippen molar-refractivity contribution < 1.29 is 9.53 Å². The molecule has 3 N–H and O–H groups in total. The van der Waals surface area contributed by atoms with Crippen molar-refractivity contribution in [1.82, 2.24) is 16.0 Å². The average Bonchev–Trinajstić information content (AvgIpc) is 2.62. The van der Waals surface area contributed by atoms with E-state index < -0.39 is 0 Å². The Labute approximate surface area is 151 Å². The minimum atomic E-state index is -0.114. The Morgan fingerprint density at radius 1 is 1.08 bits per heavy atom. The molecule has 0 saturated carbocycles. The molecule has 6 heteroatoms. The summed E-state index contributed by atoms with van der Waals surface area (Å²) in [6.45, 7) is 9.08. The third-order valence-corrected chi connectivity index (χ3v) is 3.48. The fourth-order valence-corrected chi connectivity index (χ4v) is 2.22. The zero-order valence-electron chi connectivity index (χ0n) is 15.7. The number of hydrogen-bond donors (Lipinski definition) is 3. The van der Waals surface area contributed by atoms with E-state index in [-0.39, 0.29) is 12.5 Å². The van der Waals surface area contributed by atoms with Crippen molar-refractivity contribution in [3.05, 3.63) is 29.8 Å². The van der Waals surface area contributed by atoms with Gasteiger partial charge in [0.05, 0.1) is 6.54 Å². The molecule has 0 aliphatic rings. The molecule has 0 spiro atoms. The lowest BCUT2D eigenvalue weighted by atomic mass is 10.2. The third kappa shape index (κ3) is 9.59. The Morgan fingerprint density at radius 2 is 1.88 bits per heavy atom. The number of rotatable bonds is 11. The first-order valence-electron chi connectivity index (χ1n) is 9.20. The molecule has 1 amide bonds. The third-order valence-electron chi connectivity index (χ3n) is 3.48. The number of aliphatic imine (C=N–C) groups is 1. The zero-order chi connectivity index (χ0) is 18.3. The van der Waals surface area contributed by atoms with Crippen LogP contribution in [0, 0.1) is 0 Å². The van der Waals surface area contributed by atoms with Crippen LogP contribution < -0.4 is 20.7 Å². The van der Waals surface area contributed by atoms with Crippen molar-refractivity contribution in [2.75, 3.05) is 26.2 Å². The summed E-state index contributed by atoms with van der Waals surface area (Å²) in [7, 11) is 0. The number of benzene rings is 1. The maximum absolute atomic E-state index is 11.5. The molecule has 0 saturated heterocycles. The number of carbonyl (C=O) groups is 1. The van der Waals surface area contributed by atoms with Crippen molar-refractivity contribution in [2.24, 2.45) is 4.99 Å². The lowest BCUT2D eigenvalue weighted by molar-refractivity contribution is -0.122. The van der Waals surface area contributed by atoms with Crippen LogP contribution in [0.1, 0.15) is 45.6 Å². The van der Waals surface area contributed by atoms with Crippen LogP contribution in [0.2, 0.25) is 0 Å². The van der Waals surface area contributed by atoms with E-state index in [1.165, 1.54) is 12.8 Å². The molecular weight excluding hydrogens is 316 g/mol. The van der Waals surface area contributed by atoms with Gasteiger partial charge < -0.3 is 20.7 Å². The normalized spacial score (nSPS) is 11.1. The van der Waals surface area contributed by atoms with Crippen LogP contribution in [-0.4, -0.2) is 38.1 Å². The highest BCUT2D eigenvalue weighted by molar-refractivity contribution is 5.79. The highest BCUT2D eigenvalue weighted by Crippen LogP contribution is 2.14. The first-order chi connectivity index (χ1) is 12.2. The summed E-state index contributed by atoms with van der Waals surface area (Å²) >= 11 is 0. The molecule has 6 nitrogen and oxygen atoms in total. The number of ether oxygens (including phenoxy) is 1. The first-order valence-corrected chi connectivity index (χ1v) is 9.20. The van der Waals surface area contributed by atoms with Gasteiger partial charge in [-0.2, -0.15) is 0 Å². The second-order valence-corrected chi connectivity index (χ2v) is 5.72. The van der Waals surface area contributed by atoms with Crippen LogP contribution in [0.5, 0.6) is 5.75 Å². The fraction of sp³-hybridized carbons (Fsp3) is 0.579. The molecule has 0 fully saturated rings. The molecule has 0 aliphatic carbocycles. The molecule has 0 radical (unpaired) electrons. The second kappa shape index (κ2) is 13.1. The van der Waals surface area contributed by atoms with Gasteiger partial charge >= 0.3 is 0 Å². The average molecular weight is 348 g/mol. The van der Waals surface area contributed by atoms with E-state index in [1.807, 2.05) is 31.2 Å². The van der Waals surface area contributed by atoms with Gasteiger partial charge in [-0.05, 0) is 38.0 Å². The summed E-state index contributed by atoms with van der Waals surface area (Å²) in [6, 6.07) is 7.69. The summed E-state index contributed by atoms with van der Waals surface area (Å²) in [4.78, 5) is 16.1. The molecule has 0 heterocycles. The van der Waals surface area contributed by atoms with Crippen LogP contribution in [0.15, 0.2) is 29.3 Å². The lowest BCUT2D eigenvalue weighted by Gasteiger charge is -2.11. The predicted octanol–water partition coefficient (Wildman–Crippen LogP) is 2.45. The molecule has 0 atom stereocenters. The molecule has 25 heavy (non-hydrogen) atoms. The van der Waals surface area contributed by atoms with Gasteiger partial charge in [-0.15, -0.1) is 0 Å². The highest BCUT2D eigenvalue weighted by atomic mass is 16.5. The van der Waals surface area contributed by atoms with Crippen LogP contribution in [-0.2, 0) is 11.3 Å². The quantitative estimate of drug-likeness (QED) is 0.326. The topological polar surface area (TPSA) is 74.8 Å². The van der Waals surface area contributed by atoms with Crippen molar-refractivity contribution in [3.8, 4) is 5.75 Å². The van der Waals surface area contributed by atoms with Crippen LogP contribution in [0.4, 0.5) is 0 Å². The number of nitrogens with one attached hydrogen (secondary N) is 3. The lowest BCUT2D eigenvalue weighted by Crippen LogP contribution is -2.37. The number of hydrogen-bond acceptors (Lipinski definition) is 3. The minimum Gasteiger partial charge on any atom is -0.484 e. The molecule has 1 rings (SSSR count). The molecule has 1 aromatic rings. The minimum absolute atomic E-state index is 0.0299. The standard InChI is InChI=1S/C19H32N4O2/c1-4-7-8-12-22-19(21-6-3)23-14-16-10-9-11-17(13-16)25-15-18(24)20-5-2/h9-11,13H,4-8,12,14-15H2,1-3H3,(H,20,24)(H2,21,22,23). The second-order valence-electron chi connectivity index (χ2n) is 5.72. The largest absolute Gasteiger partial charge is 0.484 e. The number of guanidine groups is 1. The summed E-state index contributed by atoms with van der Waals surface area (Å²) in [5.41, 5.74) is 1.04. The Balaban J connectivity index is 2.54. The van der Waals surface area contributed by atoms with Crippen molar-refractivity contribution in [2.45, 2.75) is 46.6 Å². The predicted molar refractivity (Wildman–Crippen MR) is 103 cm³/mol. The van der Waals surface area contributed by atoms with Crippen LogP contribution >= 0.6 is 0 Å². The van der Waals surface area contributed by atoms with Gasteiger partial charge in [0.25, 0.3) is 5.91 Å². The van der Waals surface area contributed by atoms with Gasteiger partial charge in [0.15, 0.2) is 12.6 Å². The molecule has 1 aromatic carbocycles. The van der Waals surface area contributed by atoms with Gasteiger partial charge in [-0.1, -0.05) is 31.9 Å². The molecule has 0 aliphatic heterocycles. The SMILES string of the molecule is CCCCCNC(=NCc1cccc(OCC(=O)NCC)c1)NCC. The fourth-order valence-electron chi connectivity index (χ4n) is 2.22. The Kier molecular flexibility index (Phi) is 10.9. The summed E-state index contributed by atoms with van der Waals surface area (Å²) in [6.07, 6.45) is 3.57.